The molecule has 1 saturated carbocycles. The lowest BCUT2D eigenvalue weighted by Gasteiger charge is -2.52. The van der Waals surface area contributed by atoms with Crippen LogP contribution >= 0.6 is 0 Å². The first kappa shape index (κ1) is 20.6. The lowest BCUT2D eigenvalue weighted by Crippen LogP contribution is -2.52. The topological polar surface area (TPSA) is 65.2 Å². The van der Waals surface area contributed by atoms with Crippen molar-refractivity contribution in [3.05, 3.63) is 65.9 Å². The van der Waals surface area contributed by atoms with Crippen LogP contribution in [0.4, 0.5) is 5.69 Å². The van der Waals surface area contributed by atoms with Crippen molar-refractivity contribution in [1.29, 1.82) is 0 Å². The number of aromatic nitrogens is 1. The van der Waals surface area contributed by atoms with Crippen molar-refractivity contribution in [3.63, 3.8) is 0 Å². The predicted molar refractivity (Wildman–Crippen MR) is 127 cm³/mol. The molecule has 2 heterocycles. The summed E-state index contributed by atoms with van der Waals surface area (Å²) in [7, 11) is -3.27. The van der Waals surface area contributed by atoms with Crippen LogP contribution in [-0.4, -0.2) is 37.1 Å². The summed E-state index contributed by atoms with van der Waals surface area (Å²) in [5, 5.41) is 1.32. The van der Waals surface area contributed by atoms with Crippen molar-refractivity contribution in [1.82, 2.24) is 9.88 Å². The van der Waals surface area contributed by atoms with Crippen molar-refractivity contribution in [2.75, 3.05) is 17.5 Å². The first-order chi connectivity index (χ1) is 14.8. The zero-order chi connectivity index (χ0) is 21.6. The fraction of sp³-hybridized carbons (Fsp3) is 0.440. The molecule has 3 unspecified atom stereocenters. The van der Waals surface area contributed by atoms with Gasteiger partial charge in [0, 0.05) is 34.9 Å². The van der Waals surface area contributed by atoms with Gasteiger partial charge in [-0.1, -0.05) is 36.8 Å². The SMILES string of the molecule is CC(c1c[nH]c2ccccc12)N1CCC2(c3cccc(NS(C)(=O)=O)c3)CCCC1C2. The van der Waals surface area contributed by atoms with E-state index >= 15 is 0 Å². The van der Waals surface area contributed by atoms with Crippen molar-refractivity contribution >= 4 is 26.6 Å². The van der Waals surface area contributed by atoms with E-state index in [2.05, 4.69) is 64.1 Å². The number of para-hydroxylation sites is 1. The fourth-order valence-corrected chi connectivity index (χ4v) is 6.58. The molecule has 164 valence electrons. The van der Waals surface area contributed by atoms with Gasteiger partial charge in [0.1, 0.15) is 0 Å². The summed E-state index contributed by atoms with van der Waals surface area (Å²) in [4.78, 5) is 6.14. The van der Waals surface area contributed by atoms with Gasteiger partial charge >= 0.3 is 0 Å². The van der Waals surface area contributed by atoms with E-state index in [1.54, 1.807) is 0 Å². The zero-order valence-corrected chi connectivity index (χ0v) is 19.1. The second-order valence-corrected chi connectivity index (χ2v) is 11.2. The standard InChI is InChI=1S/C25H31N3O2S/c1-18(23-17-26-24-11-4-3-10-22(23)24)28-14-13-25(12-6-9-21(28)16-25)19-7-5-8-20(15-19)27-31(2,29)30/h3-5,7-8,10-11,15,17-18,21,26-27H,6,9,12-14,16H2,1-2H3. The van der Waals surface area contributed by atoms with E-state index in [9.17, 15) is 8.42 Å². The number of rotatable bonds is 5. The lowest BCUT2D eigenvalue weighted by atomic mass is 9.63. The van der Waals surface area contributed by atoms with Crippen LogP contribution in [0.5, 0.6) is 0 Å². The van der Waals surface area contributed by atoms with Gasteiger partial charge in [-0.15, -0.1) is 0 Å². The summed E-state index contributed by atoms with van der Waals surface area (Å²) in [6.07, 6.45) is 9.27. The molecule has 0 amide bonds. The van der Waals surface area contributed by atoms with E-state index in [-0.39, 0.29) is 5.41 Å². The Morgan fingerprint density at radius 2 is 2.00 bits per heavy atom. The first-order valence-corrected chi connectivity index (χ1v) is 13.1. The molecule has 2 aliphatic rings. The highest BCUT2D eigenvalue weighted by Gasteiger charge is 2.45. The molecule has 5 rings (SSSR count). The molecule has 2 aromatic carbocycles. The van der Waals surface area contributed by atoms with Gasteiger partial charge in [0.05, 0.1) is 6.26 Å². The van der Waals surface area contributed by atoms with Gasteiger partial charge in [-0.2, -0.15) is 0 Å². The summed E-state index contributed by atoms with van der Waals surface area (Å²) in [6, 6.07) is 17.6. The Labute approximate surface area is 184 Å². The lowest BCUT2D eigenvalue weighted by molar-refractivity contribution is 0.0247. The van der Waals surface area contributed by atoms with Gasteiger partial charge in [0.25, 0.3) is 0 Å². The minimum absolute atomic E-state index is 0.147. The molecule has 1 aliphatic heterocycles. The largest absolute Gasteiger partial charge is 0.361 e. The Hall–Kier alpha value is -2.31. The molecule has 2 N–H and O–H groups in total. The van der Waals surface area contributed by atoms with Crippen molar-refractivity contribution in [2.24, 2.45) is 0 Å². The maximum Gasteiger partial charge on any atom is 0.229 e. The van der Waals surface area contributed by atoms with Crippen LogP contribution in [0, 0.1) is 0 Å². The van der Waals surface area contributed by atoms with E-state index < -0.39 is 10.0 Å². The number of hydrogen-bond donors (Lipinski definition) is 2. The van der Waals surface area contributed by atoms with Crippen molar-refractivity contribution < 1.29 is 8.42 Å². The number of benzene rings is 2. The van der Waals surface area contributed by atoms with Gasteiger partial charge in [-0.25, -0.2) is 8.42 Å². The summed E-state index contributed by atoms with van der Waals surface area (Å²) >= 11 is 0. The maximum absolute atomic E-state index is 11.7. The number of fused-ring (bicyclic) bond motifs is 3. The molecule has 1 saturated heterocycles. The molecular formula is C25H31N3O2S. The highest BCUT2D eigenvalue weighted by Crippen LogP contribution is 2.49. The van der Waals surface area contributed by atoms with Gasteiger partial charge < -0.3 is 4.98 Å². The second-order valence-electron chi connectivity index (χ2n) is 9.44. The maximum atomic E-state index is 11.7. The minimum atomic E-state index is -3.27. The Morgan fingerprint density at radius 3 is 2.84 bits per heavy atom. The smallest absolute Gasteiger partial charge is 0.229 e. The van der Waals surface area contributed by atoms with Gasteiger partial charge in [0.15, 0.2) is 0 Å². The Kier molecular flexibility index (Phi) is 5.10. The zero-order valence-electron chi connectivity index (χ0n) is 18.3. The number of likely N-dealkylation sites (tertiary alicyclic amines) is 1. The Balaban J connectivity index is 1.41. The second kappa shape index (κ2) is 7.68. The number of anilines is 1. The highest BCUT2D eigenvalue weighted by atomic mass is 32.2. The third-order valence-corrected chi connectivity index (χ3v) is 8.09. The number of hydrogen-bond acceptors (Lipinski definition) is 3. The minimum Gasteiger partial charge on any atom is -0.361 e. The van der Waals surface area contributed by atoms with Crippen LogP contribution in [0.1, 0.15) is 56.2 Å². The monoisotopic (exact) mass is 437 g/mol. The van der Waals surface area contributed by atoms with Gasteiger partial charge in [-0.3, -0.25) is 9.62 Å². The molecule has 3 atom stereocenters. The van der Waals surface area contributed by atoms with Crippen LogP contribution in [0.3, 0.4) is 0 Å². The molecule has 6 heteroatoms. The number of aromatic amines is 1. The third-order valence-electron chi connectivity index (χ3n) is 7.48. The molecule has 2 bridgehead atoms. The highest BCUT2D eigenvalue weighted by molar-refractivity contribution is 7.92. The quantitative estimate of drug-likeness (QED) is 0.577. The summed E-state index contributed by atoms with van der Waals surface area (Å²) in [5.74, 6) is 0. The van der Waals surface area contributed by atoms with Crippen molar-refractivity contribution in [2.45, 2.75) is 56.5 Å². The number of piperidine rings is 1. The molecule has 3 aromatic rings. The van der Waals surface area contributed by atoms with E-state index in [0.29, 0.717) is 17.8 Å². The first-order valence-electron chi connectivity index (χ1n) is 11.2. The molecular weight excluding hydrogens is 406 g/mol. The third kappa shape index (κ3) is 3.87. The summed E-state index contributed by atoms with van der Waals surface area (Å²) in [5.41, 5.74) is 4.69. The van der Waals surface area contributed by atoms with E-state index in [4.69, 9.17) is 0 Å². The average Bonchev–Trinajstić information content (AvgIpc) is 3.17. The molecule has 0 radical (unpaired) electrons. The molecule has 1 aromatic heterocycles. The van der Waals surface area contributed by atoms with Crippen LogP contribution in [0.15, 0.2) is 54.7 Å². The van der Waals surface area contributed by atoms with Crippen molar-refractivity contribution in [3.8, 4) is 0 Å². The van der Waals surface area contributed by atoms with Crippen LogP contribution in [0.2, 0.25) is 0 Å². The molecule has 0 spiro atoms. The van der Waals surface area contributed by atoms with E-state index in [1.807, 2.05) is 12.1 Å². The average molecular weight is 438 g/mol. The number of nitrogens with zero attached hydrogens (tertiary/aromatic N) is 1. The van der Waals surface area contributed by atoms with Crippen LogP contribution < -0.4 is 4.72 Å². The number of H-pyrrole nitrogens is 1. The number of nitrogens with one attached hydrogen (secondary N) is 2. The van der Waals surface area contributed by atoms with E-state index in [0.717, 1.165) is 19.4 Å². The van der Waals surface area contributed by atoms with Gasteiger partial charge in [0.2, 0.25) is 10.0 Å². The summed E-state index contributed by atoms with van der Waals surface area (Å²) in [6.45, 7) is 3.41. The Morgan fingerprint density at radius 1 is 1.16 bits per heavy atom. The molecule has 31 heavy (non-hydrogen) atoms. The molecule has 5 nitrogen and oxygen atoms in total. The fourth-order valence-electron chi connectivity index (χ4n) is 6.03. The van der Waals surface area contributed by atoms with Gasteiger partial charge in [-0.05, 0) is 73.9 Å². The van der Waals surface area contributed by atoms with E-state index in [1.165, 1.54) is 47.5 Å². The normalized spacial score (nSPS) is 25.4. The van der Waals surface area contributed by atoms with Crippen LogP contribution in [-0.2, 0) is 15.4 Å². The van der Waals surface area contributed by atoms with Crippen LogP contribution in [0.25, 0.3) is 10.9 Å². The summed E-state index contributed by atoms with van der Waals surface area (Å²) < 4.78 is 26.1. The number of sulfonamides is 1. The predicted octanol–water partition coefficient (Wildman–Crippen LogP) is 5.19. The Bertz CT molecular complexity index is 1200. The molecule has 2 fully saturated rings. The molecule has 1 aliphatic carbocycles.